The minimum absolute atomic E-state index is 0.0872. The highest BCUT2D eigenvalue weighted by Gasteiger charge is 2.39. The Kier molecular flexibility index (Phi) is 4.62. The molecule has 1 fully saturated rings. The average molecular weight is 400 g/mol. The molecule has 1 atom stereocenters. The van der Waals surface area contributed by atoms with Crippen molar-refractivity contribution >= 4 is 11.8 Å². The molecular weight excluding hydrogens is 376 g/mol. The van der Waals surface area contributed by atoms with Gasteiger partial charge in [0.25, 0.3) is 5.91 Å². The summed E-state index contributed by atoms with van der Waals surface area (Å²) in [6.45, 7) is 0. The molecule has 6 heteroatoms. The standard InChI is InChI=1S/C24H24N4O2/c25-23(29)21-4-2-1-3-20(21)15-5-7-16(8-6-15)24(30)28(18-9-10-18)19-11-12-22-17(13-19)14-26-27-22/h1-8,14,18-19H,9-13H2,(H2,25,29)(H,26,27). The van der Waals surface area contributed by atoms with Gasteiger partial charge in [-0.3, -0.25) is 14.7 Å². The van der Waals surface area contributed by atoms with Crippen molar-refractivity contribution in [1.29, 1.82) is 0 Å². The van der Waals surface area contributed by atoms with Crippen LogP contribution in [0.15, 0.2) is 54.7 Å². The monoisotopic (exact) mass is 400 g/mol. The summed E-state index contributed by atoms with van der Waals surface area (Å²) in [6.07, 6.45) is 6.79. The van der Waals surface area contributed by atoms with Crippen molar-refractivity contribution < 1.29 is 9.59 Å². The molecule has 3 aromatic rings. The molecule has 0 spiro atoms. The zero-order valence-corrected chi connectivity index (χ0v) is 16.7. The van der Waals surface area contributed by atoms with Crippen LogP contribution in [0.1, 0.15) is 51.2 Å². The SMILES string of the molecule is NC(=O)c1ccccc1-c1ccc(C(=O)N(C2CC2)C2CCc3[nH]ncc3C2)cc1. The molecule has 30 heavy (non-hydrogen) atoms. The van der Waals surface area contributed by atoms with Crippen LogP contribution in [0, 0.1) is 0 Å². The lowest BCUT2D eigenvalue weighted by Crippen LogP contribution is -2.44. The van der Waals surface area contributed by atoms with E-state index in [1.807, 2.05) is 42.6 Å². The number of rotatable bonds is 5. The lowest BCUT2D eigenvalue weighted by molar-refractivity contribution is 0.0642. The summed E-state index contributed by atoms with van der Waals surface area (Å²) in [5.74, 6) is -0.370. The summed E-state index contributed by atoms with van der Waals surface area (Å²) in [5.41, 5.74) is 10.8. The van der Waals surface area contributed by atoms with Crippen LogP contribution in [-0.4, -0.2) is 39.0 Å². The maximum atomic E-state index is 13.4. The van der Waals surface area contributed by atoms with E-state index < -0.39 is 5.91 Å². The third kappa shape index (κ3) is 3.38. The van der Waals surface area contributed by atoms with Crippen molar-refractivity contribution in [3.8, 4) is 11.1 Å². The lowest BCUT2D eigenvalue weighted by Gasteiger charge is -2.34. The van der Waals surface area contributed by atoms with Gasteiger partial charge in [-0.1, -0.05) is 30.3 Å². The third-order valence-electron chi connectivity index (χ3n) is 6.19. The fourth-order valence-corrected chi connectivity index (χ4v) is 4.51. The highest BCUT2D eigenvalue weighted by molar-refractivity contribution is 6.00. The van der Waals surface area contributed by atoms with E-state index in [-0.39, 0.29) is 11.9 Å². The number of aromatic nitrogens is 2. The van der Waals surface area contributed by atoms with Gasteiger partial charge in [0.05, 0.1) is 6.20 Å². The summed E-state index contributed by atoms with van der Waals surface area (Å²) in [7, 11) is 0. The van der Waals surface area contributed by atoms with Gasteiger partial charge >= 0.3 is 0 Å². The normalized spacial score (nSPS) is 17.9. The first-order valence-corrected chi connectivity index (χ1v) is 10.4. The van der Waals surface area contributed by atoms with E-state index >= 15 is 0 Å². The Morgan fingerprint density at radius 3 is 2.50 bits per heavy atom. The fraction of sp³-hybridized carbons (Fsp3) is 0.292. The maximum absolute atomic E-state index is 13.4. The summed E-state index contributed by atoms with van der Waals surface area (Å²) in [4.78, 5) is 27.3. The smallest absolute Gasteiger partial charge is 0.254 e. The van der Waals surface area contributed by atoms with Gasteiger partial charge in [0.1, 0.15) is 0 Å². The number of nitrogens with one attached hydrogen (secondary N) is 1. The highest BCUT2D eigenvalue weighted by Crippen LogP contribution is 2.35. The number of hydrogen-bond donors (Lipinski definition) is 2. The molecule has 0 bridgehead atoms. The molecule has 2 aromatic carbocycles. The van der Waals surface area contributed by atoms with Crippen LogP contribution in [-0.2, 0) is 12.8 Å². The number of carbonyl (C=O) groups is 2. The Bertz CT molecular complexity index is 1100. The topological polar surface area (TPSA) is 92.1 Å². The molecule has 6 nitrogen and oxygen atoms in total. The van der Waals surface area contributed by atoms with Gasteiger partial charge in [0.15, 0.2) is 0 Å². The van der Waals surface area contributed by atoms with Crippen LogP contribution >= 0.6 is 0 Å². The number of amides is 2. The Labute approximate surface area is 175 Å². The van der Waals surface area contributed by atoms with Crippen LogP contribution in [0.25, 0.3) is 11.1 Å². The van der Waals surface area contributed by atoms with Crippen LogP contribution in [0.5, 0.6) is 0 Å². The quantitative estimate of drug-likeness (QED) is 0.688. The summed E-state index contributed by atoms with van der Waals surface area (Å²) in [5, 5.41) is 7.23. The molecule has 1 saturated carbocycles. The molecule has 1 aromatic heterocycles. The van der Waals surface area contributed by atoms with Crippen LogP contribution in [0.4, 0.5) is 0 Å². The van der Waals surface area contributed by atoms with E-state index in [0.717, 1.165) is 43.2 Å². The van der Waals surface area contributed by atoms with Crippen molar-refractivity contribution in [3.63, 3.8) is 0 Å². The number of primary amides is 1. The van der Waals surface area contributed by atoms with E-state index in [1.54, 1.807) is 12.1 Å². The number of H-pyrrole nitrogens is 1. The molecule has 2 amide bonds. The second-order valence-electron chi connectivity index (χ2n) is 8.20. The van der Waals surface area contributed by atoms with Gasteiger partial charge < -0.3 is 10.6 Å². The van der Waals surface area contributed by atoms with Gasteiger partial charge in [-0.2, -0.15) is 5.10 Å². The number of carbonyl (C=O) groups excluding carboxylic acids is 2. The largest absolute Gasteiger partial charge is 0.366 e. The van der Waals surface area contributed by atoms with Gasteiger partial charge in [0.2, 0.25) is 5.91 Å². The van der Waals surface area contributed by atoms with Gasteiger partial charge in [-0.05, 0) is 67.0 Å². The first kappa shape index (κ1) is 18.6. The highest BCUT2D eigenvalue weighted by atomic mass is 16.2. The third-order valence-corrected chi connectivity index (χ3v) is 6.19. The van der Waals surface area contributed by atoms with Crippen molar-refractivity contribution in [1.82, 2.24) is 15.1 Å². The summed E-state index contributed by atoms with van der Waals surface area (Å²) >= 11 is 0. The molecule has 1 unspecified atom stereocenters. The van der Waals surface area contributed by atoms with Crippen molar-refractivity contribution in [2.75, 3.05) is 0 Å². The second-order valence-corrected chi connectivity index (χ2v) is 8.20. The predicted molar refractivity (Wildman–Crippen MR) is 114 cm³/mol. The molecule has 1 heterocycles. The lowest BCUT2D eigenvalue weighted by atomic mass is 9.91. The molecule has 2 aliphatic rings. The van der Waals surface area contributed by atoms with Gasteiger partial charge in [-0.25, -0.2) is 0 Å². The number of nitrogens with two attached hydrogens (primary N) is 1. The number of fused-ring (bicyclic) bond motifs is 1. The Morgan fingerprint density at radius 1 is 1.00 bits per heavy atom. The molecule has 3 N–H and O–H groups in total. The first-order valence-electron chi connectivity index (χ1n) is 10.4. The number of nitrogens with zero attached hydrogens (tertiary/aromatic N) is 2. The predicted octanol–water partition coefficient (Wildman–Crippen LogP) is 3.34. The van der Waals surface area contributed by atoms with E-state index in [4.69, 9.17) is 5.73 Å². The van der Waals surface area contributed by atoms with Crippen molar-refractivity contribution in [3.05, 3.63) is 77.1 Å². The summed E-state index contributed by atoms with van der Waals surface area (Å²) < 4.78 is 0. The number of benzene rings is 2. The summed E-state index contributed by atoms with van der Waals surface area (Å²) in [6, 6.07) is 15.3. The van der Waals surface area contributed by atoms with Crippen LogP contribution in [0.2, 0.25) is 0 Å². The van der Waals surface area contributed by atoms with Crippen molar-refractivity contribution in [2.45, 2.75) is 44.2 Å². The number of aromatic amines is 1. The fourth-order valence-electron chi connectivity index (χ4n) is 4.51. The van der Waals surface area contributed by atoms with Crippen LogP contribution in [0.3, 0.4) is 0 Å². The first-order chi connectivity index (χ1) is 14.6. The maximum Gasteiger partial charge on any atom is 0.254 e. The molecule has 2 aliphatic carbocycles. The van der Waals surface area contributed by atoms with E-state index in [1.165, 1.54) is 11.3 Å². The Balaban J connectivity index is 1.40. The van der Waals surface area contributed by atoms with Gasteiger partial charge in [-0.15, -0.1) is 0 Å². The number of hydrogen-bond acceptors (Lipinski definition) is 3. The van der Waals surface area contributed by atoms with Crippen LogP contribution < -0.4 is 5.73 Å². The Hall–Kier alpha value is -3.41. The second kappa shape index (κ2) is 7.44. The van der Waals surface area contributed by atoms with E-state index in [9.17, 15) is 9.59 Å². The minimum Gasteiger partial charge on any atom is -0.366 e. The number of aryl methyl sites for hydroxylation is 1. The zero-order valence-electron chi connectivity index (χ0n) is 16.7. The molecule has 0 aliphatic heterocycles. The van der Waals surface area contributed by atoms with E-state index in [2.05, 4.69) is 15.1 Å². The van der Waals surface area contributed by atoms with Gasteiger partial charge in [0, 0.05) is 28.9 Å². The molecule has 152 valence electrons. The minimum atomic E-state index is -0.457. The average Bonchev–Trinajstić information content (AvgIpc) is 3.49. The molecule has 0 saturated heterocycles. The molecule has 0 radical (unpaired) electrons. The zero-order chi connectivity index (χ0) is 20.7. The van der Waals surface area contributed by atoms with E-state index in [0.29, 0.717) is 17.2 Å². The molecule has 5 rings (SSSR count). The molecular formula is C24H24N4O2. The van der Waals surface area contributed by atoms with Crippen molar-refractivity contribution in [2.24, 2.45) is 5.73 Å². The Morgan fingerprint density at radius 2 is 1.77 bits per heavy atom.